The summed E-state index contributed by atoms with van der Waals surface area (Å²) in [6.45, 7) is 2.09. The van der Waals surface area contributed by atoms with Crippen molar-refractivity contribution < 1.29 is 19.2 Å². The number of fused-ring (bicyclic) bond motifs is 2. The van der Waals surface area contributed by atoms with Crippen molar-refractivity contribution in [3.05, 3.63) is 0 Å². The first-order valence-corrected chi connectivity index (χ1v) is 20.9. The molecule has 50 heavy (non-hydrogen) atoms. The number of nitrogens with one attached hydrogen (secondary N) is 6. The first kappa shape index (κ1) is 39.9. The number of aliphatic imine (C=N–C) groups is 2. The Labute approximate surface area is 305 Å². The zero-order valence-corrected chi connectivity index (χ0v) is 31.2. The Morgan fingerprint density at radius 2 is 0.900 bits per heavy atom. The molecule has 0 aromatic heterocycles. The third kappa shape index (κ3) is 14.4. The second-order valence-corrected chi connectivity index (χ2v) is 16.3. The molecular formula is C34H60N10O4S2. The van der Waals surface area contributed by atoms with Crippen LogP contribution < -0.4 is 43.4 Å². The van der Waals surface area contributed by atoms with Gasteiger partial charge in [-0.05, 0) is 51.4 Å². The maximum Gasteiger partial charge on any atom is 0.220 e. The van der Waals surface area contributed by atoms with Crippen molar-refractivity contribution in [3.8, 4) is 0 Å². The summed E-state index contributed by atoms with van der Waals surface area (Å²) in [4.78, 5) is 57.5. The molecule has 2 saturated heterocycles. The first-order valence-electron chi connectivity index (χ1n) is 18.8. The van der Waals surface area contributed by atoms with Crippen LogP contribution in [0.25, 0.3) is 0 Å². The summed E-state index contributed by atoms with van der Waals surface area (Å²) in [7, 11) is 0. The van der Waals surface area contributed by atoms with E-state index in [2.05, 4.69) is 41.9 Å². The topological polar surface area (TPSA) is 217 Å². The Morgan fingerprint density at radius 3 is 1.30 bits per heavy atom. The van der Waals surface area contributed by atoms with E-state index in [9.17, 15) is 19.2 Å². The molecule has 4 rings (SSSR count). The van der Waals surface area contributed by atoms with E-state index in [4.69, 9.17) is 11.5 Å². The van der Waals surface area contributed by atoms with E-state index in [1.165, 1.54) is 0 Å². The summed E-state index contributed by atoms with van der Waals surface area (Å²) in [5, 5.41) is 19.1. The molecule has 0 radical (unpaired) electrons. The summed E-state index contributed by atoms with van der Waals surface area (Å²) in [6.07, 6.45) is 12.8. The molecule has 4 aliphatic heterocycles. The molecule has 0 bridgehead atoms. The number of amides is 4. The number of carbonyl (C=O) groups is 4. The molecule has 0 aromatic rings. The van der Waals surface area contributed by atoms with Crippen LogP contribution in [-0.4, -0.2) is 108 Å². The number of hydrogen-bond acceptors (Lipinski definition) is 12. The molecule has 14 nitrogen and oxygen atoms in total. The van der Waals surface area contributed by atoms with Gasteiger partial charge in [-0.25, -0.2) is 9.98 Å². The van der Waals surface area contributed by atoms with Crippen LogP contribution in [0.1, 0.15) is 103 Å². The van der Waals surface area contributed by atoms with E-state index in [1.54, 1.807) is 0 Å². The highest BCUT2D eigenvalue weighted by atomic mass is 32.2. The number of carbonyl (C=O) groups excluding carboxylic acids is 4. The summed E-state index contributed by atoms with van der Waals surface area (Å²) in [5.74, 6) is 3.35. The van der Waals surface area contributed by atoms with Gasteiger partial charge >= 0.3 is 0 Å². The highest BCUT2D eigenvalue weighted by Crippen LogP contribution is 2.36. The number of unbranched alkanes of at least 4 members (excludes halogenated alkanes) is 6. The molecule has 6 atom stereocenters. The Hall–Kier alpha value is -2.88. The van der Waals surface area contributed by atoms with Gasteiger partial charge in [-0.15, -0.1) is 0 Å². The molecule has 16 heteroatoms. The van der Waals surface area contributed by atoms with Crippen LogP contribution in [0.5, 0.6) is 0 Å². The predicted molar refractivity (Wildman–Crippen MR) is 203 cm³/mol. The Balaban J connectivity index is 0.849. The molecule has 0 saturated carbocycles. The van der Waals surface area contributed by atoms with Crippen LogP contribution in [0.2, 0.25) is 0 Å². The monoisotopic (exact) mass is 736 g/mol. The Morgan fingerprint density at radius 1 is 0.540 bits per heavy atom. The summed E-state index contributed by atoms with van der Waals surface area (Å²) in [6, 6.07) is 1.30. The van der Waals surface area contributed by atoms with Crippen molar-refractivity contribution in [2.75, 3.05) is 37.7 Å². The molecule has 0 spiro atoms. The minimum Gasteiger partial charge on any atom is -0.370 e. The van der Waals surface area contributed by atoms with Crippen molar-refractivity contribution in [2.24, 2.45) is 21.5 Å². The largest absolute Gasteiger partial charge is 0.370 e. The standard InChI is InChI=1S/C34H60N10O4S2/c35-33-41-23-21-49-25(31(23)43-33)11-5-7-15-27(45)37-17-9-1-3-13-29(47)39-19-20-40-30(48)14-4-2-10-18-38-28(46)16-8-6-12-26-32-24(22-50-26)42-34(36)44-32/h23-26,31-32H,1-22H2,(H,37,45)(H,38,46)(H,39,47)(H,40,48)(H3,35,41,43)(H3,36,42,44)/t23?,24?,25-,26+,31-,32-/m0/s1. The maximum atomic E-state index is 12.1. The SMILES string of the molecule is NC1=N[C@H]2C(CS[C@H]2CCCCC(=O)NCCCCCC(=O)NCCNC(=O)CCCCCNC(=O)CCCC[C@H]2SCC3NC(N)=N[C@@H]32)N1. The average molecular weight is 737 g/mol. The lowest BCUT2D eigenvalue weighted by atomic mass is 10.0. The third-order valence-electron chi connectivity index (χ3n) is 9.67. The fourth-order valence-electron chi connectivity index (χ4n) is 6.90. The van der Waals surface area contributed by atoms with Crippen molar-refractivity contribution in [1.82, 2.24) is 31.9 Å². The summed E-state index contributed by atoms with van der Waals surface area (Å²) < 4.78 is 0. The second kappa shape index (κ2) is 22.1. The van der Waals surface area contributed by atoms with Crippen molar-refractivity contribution in [1.29, 1.82) is 0 Å². The van der Waals surface area contributed by atoms with Crippen LogP contribution in [0, 0.1) is 0 Å². The number of hydrogen-bond donors (Lipinski definition) is 8. The van der Waals surface area contributed by atoms with Crippen LogP contribution in [0.4, 0.5) is 0 Å². The van der Waals surface area contributed by atoms with Crippen molar-refractivity contribution >= 4 is 59.1 Å². The lowest BCUT2D eigenvalue weighted by Gasteiger charge is -2.14. The van der Waals surface area contributed by atoms with Gasteiger partial charge in [0.05, 0.1) is 24.2 Å². The predicted octanol–water partition coefficient (Wildman–Crippen LogP) is 1.23. The zero-order chi connectivity index (χ0) is 35.6. The van der Waals surface area contributed by atoms with Gasteiger partial charge < -0.3 is 43.4 Å². The normalized spacial score (nSPS) is 24.7. The number of guanidine groups is 2. The zero-order valence-electron chi connectivity index (χ0n) is 29.5. The molecule has 2 fully saturated rings. The van der Waals surface area contributed by atoms with E-state index < -0.39 is 0 Å². The van der Waals surface area contributed by atoms with E-state index in [0.29, 0.717) is 86.4 Å². The first-order chi connectivity index (χ1) is 24.3. The van der Waals surface area contributed by atoms with Gasteiger partial charge in [0.2, 0.25) is 23.6 Å². The molecule has 0 aliphatic carbocycles. The number of rotatable bonds is 25. The van der Waals surface area contributed by atoms with Gasteiger partial charge in [0.1, 0.15) is 0 Å². The van der Waals surface area contributed by atoms with Gasteiger partial charge in [-0.1, -0.05) is 25.7 Å². The van der Waals surface area contributed by atoms with Gasteiger partial charge in [0.25, 0.3) is 0 Å². The van der Waals surface area contributed by atoms with E-state index in [-0.39, 0.29) is 35.7 Å². The second-order valence-electron chi connectivity index (χ2n) is 13.8. The lowest BCUT2D eigenvalue weighted by molar-refractivity contribution is -0.123. The molecular weight excluding hydrogens is 677 g/mol. The molecule has 2 unspecified atom stereocenters. The molecule has 4 amide bonds. The third-order valence-corrected chi connectivity index (χ3v) is 12.7. The van der Waals surface area contributed by atoms with Crippen LogP contribution in [0.3, 0.4) is 0 Å². The fourth-order valence-corrected chi connectivity index (χ4v) is 9.93. The van der Waals surface area contributed by atoms with E-state index >= 15 is 0 Å². The minimum atomic E-state index is -0.0215. The molecule has 4 heterocycles. The minimum absolute atomic E-state index is 0.0215. The number of nitrogens with two attached hydrogens (primary N) is 2. The van der Waals surface area contributed by atoms with Gasteiger partial charge in [-0.3, -0.25) is 19.2 Å². The molecule has 4 aliphatic rings. The van der Waals surface area contributed by atoms with Gasteiger partial charge in [0.15, 0.2) is 11.9 Å². The smallest absolute Gasteiger partial charge is 0.220 e. The Kier molecular flexibility index (Phi) is 17.7. The molecule has 282 valence electrons. The average Bonchev–Trinajstić information content (AvgIpc) is 3.85. The quantitative estimate of drug-likeness (QED) is 0.0628. The summed E-state index contributed by atoms with van der Waals surface area (Å²) >= 11 is 3.90. The van der Waals surface area contributed by atoms with Gasteiger partial charge in [0, 0.05) is 73.9 Å². The summed E-state index contributed by atoms with van der Waals surface area (Å²) in [5.41, 5.74) is 11.6. The van der Waals surface area contributed by atoms with Crippen LogP contribution >= 0.6 is 23.5 Å². The highest BCUT2D eigenvalue weighted by Gasteiger charge is 2.41. The van der Waals surface area contributed by atoms with Crippen LogP contribution in [-0.2, 0) is 19.2 Å². The van der Waals surface area contributed by atoms with E-state index in [1.807, 2.05) is 23.5 Å². The van der Waals surface area contributed by atoms with Crippen LogP contribution in [0.15, 0.2) is 9.98 Å². The van der Waals surface area contributed by atoms with E-state index in [0.717, 1.165) is 88.6 Å². The Bertz CT molecular complexity index is 1090. The van der Waals surface area contributed by atoms with Crippen molar-refractivity contribution in [3.63, 3.8) is 0 Å². The lowest BCUT2D eigenvalue weighted by Crippen LogP contribution is -2.38. The maximum absolute atomic E-state index is 12.1. The number of nitrogens with zero attached hydrogens (tertiary/aromatic N) is 2. The highest BCUT2D eigenvalue weighted by molar-refractivity contribution is 8.00. The molecule has 0 aromatic carbocycles. The van der Waals surface area contributed by atoms with Gasteiger partial charge in [-0.2, -0.15) is 23.5 Å². The molecule has 10 N–H and O–H groups in total. The van der Waals surface area contributed by atoms with Crippen molar-refractivity contribution in [2.45, 2.75) is 137 Å². The fraction of sp³-hybridized carbons (Fsp3) is 0.824. The number of thioether (sulfide) groups is 2.